The van der Waals surface area contributed by atoms with Crippen LogP contribution in [-0.2, 0) is 13.6 Å². The highest BCUT2D eigenvalue weighted by atomic mass is 127. The summed E-state index contributed by atoms with van der Waals surface area (Å²) in [5.41, 5.74) is 0. The summed E-state index contributed by atoms with van der Waals surface area (Å²) < 4.78 is 26.0. The van der Waals surface area contributed by atoms with E-state index in [1.54, 1.807) is 0 Å². The molecular formula is C41H84IN2O3P. The van der Waals surface area contributed by atoms with Crippen LogP contribution in [0.5, 0.6) is 0 Å². The third kappa shape index (κ3) is 40.7. The van der Waals surface area contributed by atoms with Gasteiger partial charge in [0.05, 0.1) is 47.4 Å². The smallest absolute Gasteiger partial charge is 0.405 e. The van der Waals surface area contributed by atoms with E-state index in [9.17, 15) is 4.57 Å². The summed E-state index contributed by atoms with van der Waals surface area (Å²) in [5.74, 6) is 0. The van der Waals surface area contributed by atoms with Crippen LogP contribution in [0.1, 0.15) is 194 Å². The van der Waals surface area contributed by atoms with E-state index in [4.69, 9.17) is 9.05 Å². The molecule has 288 valence electrons. The Bertz CT molecular complexity index is 694. The van der Waals surface area contributed by atoms with Gasteiger partial charge >= 0.3 is 7.75 Å². The molecule has 0 atom stereocenters. The van der Waals surface area contributed by atoms with Gasteiger partial charge in [-0.1, -0.05) is 154 Å². The highest BCUT2D eigenvalue weighted by Crippen LogP contribution is 2.44. The van der Waals surface area contributed by atoms with E-state index in [1.807, 2.05) is 0 Å². The summed E-state index contributed by atoms with van der Waals surface area (Å²) in [7, 11) is 3.18. The van der Waals surface area contributed by atoms with Gasteiger partial charge in [0, 0.05) is 0 Å². The molecule has 1 N–H and O–H groups in total. The molecule has 0 heterocycles. The molecule has 0 bridgehead atoms. The van der Waals surface area contributed by atoms with E-state index in [2.05, 4.69) is 64.4 Å². The second kappa shape index (κ2) is 38.5. The fourth-order valence-corrected chi connectivity index (χ4v) is 7.09. The second-order valence-corrected chi connectivity index (χ2v) is 16.8. The monoisotopic (exact) mass is 811 g/mol. The predicted octanol–water partition coefficient (Wildman–Crippen LogP) is 10.5. The van der Waals surface area contributed by atoms with Crippen LogP contribution < -0.4 is 29.1 Å². The van der Waals surface area contributed by atoms with Crippen molar-refractivity contribution in [1.29, 1.82) is 0 Å². The van der Waals surface area contributed by atoms with Crippen molar-refractivity contribution in [3.8, 4) is 0 Å². The lowest BCUT2D eigenvalue weighted by Gasteiger charge is -2.25. The van der Waals surface area contributed by atoms with E-state index < -0.39 is 7.75 Å². The molecule has 0 aliphatic heterocycles. The van der Waals surface area contributed by atoms with Crippen LogP contribution in [0.25, 0.3) is 0 Å². The summed E-state index contributed by atoms with van der Waals surface area (Å²) in [4.78, 5) is 0. The van der Waals surface area contributed by atoms with Gasteiger partial charge in [0.2, 0.25) is 0 Å². The molecule has 5 nitrogen and oxygen atoms in total. The number of quaternary nitrogens is 1. The van der Waals surface area contributed by atoms with Gasteiger partial charge in [0.25, 0.3) is 0 Å². The maximum absolute atomic E-state index is 13.4. The molecule has 0 spiro atoms. The zero-order valence-electron chi connectivity index (χ0n) is 32.9. The number of nitrogens with zero attached hydrogens (tertiary/aromatic N) is 1. The van der Waals surface area contributed by atoms with Gasteiger partial charge in [-0.05, 0) is 64.2 Å². The van der Waals surface area contributed by atoms with Gasteiger partial charge in [0.1, 0.15) is 0 Å². The Labute approximate surface area is 318 Å². The number of allylic oxidation sites excluding steroid dienone is 4. The molecule has 0 unspecified atom stereocenters. The normalized spacial score (nSPS) is 12.4. The highest BCUT2D eigenvalue weighted by Gasteiger charge is 2.25. The van der Waals surface area contributed by atoms with Crippen molar-refractivity contribution in [2.75, 3.05) is 47.4 Å². The Hall–Kier alpha value is 0.280. The molecule has 0 amide bonds. The first-order valence-electron chi connectivity index (χ1n) is 20.6. The van der Waals surface area contributed by atoms with E-state index in [1.165, 1.54) is 154 Å². The van der Waals surface area contributed by atoms with Crippen molar-refractivity contribution in [1.82, 2.24) is 5.09 Å². The highest BCUT2D eigenvalue weighted by molar-refractivity contribution is 7.51. The zero-order chi connectivity index (χ0) is 34.6. The Balaban J connectivity index is 0. The van der Waals surface area contributed by atoms with Crippen molar-refractivity contribution in [3.05, 3.63) is 24.3 Å². The number of rotatable bonds is 38. The molecule has 0 aromatic heterocycles. The van der Waals surface area contributed by atoms with Crippen LogP contribution in [-0.4, -0.2) is 51.9 Å². The van der Waals surface area contributed by atoms with Gasteiger partial charge in [-0.3, -0.25) is 9.05 Å². The fraction of sp³-hybridized carbons (Fsp3) is 0.902. The van der Waals surface area contributed by atoms with E-state index >= 15 is 0 Å². The summed E-state index contributed by atoms with van der Waals surface area (Å²) in [5, 5.41) is 3.14. The molecule has 0 saturated heterocycles. The van der Waals surface area contributed by atoms with Gasteiger partial charge in [0.15, 0.2) is 0 Å². The number of nitrogens with one attached hydrogen (secondary N) is 1. The van der Waals surface area contributed by atoms with Crippen LogP contribution >= 0.6 is 7.75 Å². The molecule has 0 rings (SSSR count). The summed E-state index contributed by atoms with van der Waals surface area (Å²) in [6, 6.07) is 0. The first-order chi connectivity index (χ1) is 22.8. The van der Waals surface area contributed by atoms with Crippen LogP contribution in [0, 0.1) is 0 Å². The van der Waals surface area contributed by atoms with Gasteiger partial charge in [-0.2, -0.15) is 0 Å². The average molecular weight is 811 g/mol. The largest absolute Gasteiger partial charge is 1.00 e. The number of hydrogen-bond acceptors (Lipinski definition) is 3. The van der Waals surface area contributed by atoms with Crippen LogP contribution in [0.2, 0.25) is 0 Å². The molecule has 0 aromatic carbocycles. The van der Waals surface area contributed by atoms with Crippen LogP contribution in [0.3, 0.4) is 0 Å². The molecule has 0 radical (unpaired) electrons. The third-order valence-electron chi connectivity index (χ3n) is 8.92. The van der Waals surface area contributed by atoms with Crippen molar-refractivity contribution < 1.29 is 42.1 Å². The van der Waals surface area contributed by atoms with Crippen molar-refractivity contribution >= 4 is 7.75 Å². The quantitative estimate of drug-likeness (QED) is 0.0222. The van der Waals surface area contributed by atoms with Crippen molar-refractivity contribution in [3.63, 3.8) is 0 Å². The topological polar surface area (TPSA) is 47.6 Å². The minimum atomic E-state index is -3.26. The first kappa shape index (κ1) is 50.4. The third-order valence-corrected chi connectivity index (χ3v) is 10.6. The lowest BCUT2D eigenvalue weighted by molar-refractivity contribution is -0.869. The zero-order valence-corrected chi connectivity index (χ0v) is 36.0. The first-order valence-corrected chi connectivity index (χ1v) is 22.1. The van der Waals surface area contributed by atoms with Crippen LogP contribution in [0.4, 0.5) is 0 Å². The van der Waals surface area contributed by atoms with E-state index in [0.717, 1.165) is 36.7 Å². The van der Waals surface area contributed by atoms with Gasteiger partial charge in [-0.25, -0.2) is 9.65 Å². The lowest BCUT2D eigenvalue weighted by atomic mass is 10.1. The molecule has 48 heavy (non-hydrogen) atoms. The standard InChI is InChI=1S/C41H84N2O3P.HI/c1-6-8-10-12-14-16-18-20-22-24-26-28-30-32-34-36-40-45-47(44,42-38-39-43(3,4)5)46-41-37-35-33-31-29-27-25-23-21-19-17-15-13-11-9-7-2;/h20-23H,6-19,24-41H2,1-5H3,(H,42,44);1H/q+1;/p-1/b22-20-,23-21-;. The molecule has 0 aliphatic rings. The Morgan fingerprint density at radius 2 is 0.771 bits per heavy atom. The minimum absolute atomic E-state index is 0. The maximum Gasteiger partial charge on any atom is 0.405 e. The molecule has 0 fully saturated rings. The number of unbranched alkanes of at least 4 members (excludes halogenated alkanes) is 24. The van der Waals surface area contributed by atoms with Crippen molar-refractivity contribution in [2.45, 2.75) is 194 Å². The van der Waals surface area contributed by atoms with Gasteiger partial charge < -0.3 is 28.5 Å². The predicted molar refractivity (Wildman–Crippen MR) is 209 cm³/mol. The molecule has 0 saturated carbocycles. The minimum Gasteiger partial charge on any atom is -1.00 e. The van der Waals surface area contributed by atoms with Crippen LogP contribution in [0.15, 0.2) is 24.3 Å². The average Bonchev–Trinajstić information content (AvgIpc) is 3.03. The molecular weight excluding hydrogens is 726 g/mol. The Morgan fingerprint density at radius 3 is 1.08 bits per heavy atom. The fourth-order valence-electron chi connectivity index (χ4n) is 5.72. The van der Waals surface area contributed by atoms with E-state index in [0.29, 0.717) is 19.8 Å². The van der Waals surface area contributed by atoms with Gasteiger partial charge in [-0.15, -0.1) is 0 Å². The summed E-state index contributed by atoms with van der Waals surface area (Å²) in [6.07, 6.45) is 45.4. The Kier molecular flexibility index (Phi) is 40.4. The molecule has 7 heteroatoms. The second-order valence-electron chi connectivity index (χ2n) is 15.0. The lowest BCUT2D eigenvalue weighted by Crippen LogP contribution is -3.00. The Morgan fingerprint density at radius 1 is 0.479 bits per heavy atom. The number of halogens is 1. The van der Waals surface area contributed by atoms with Crippen molar-refractivity contribution in [2.24, 2.45) is 0 Å². The summed E-state index contributed by atoms with van der Waals surface area (Å²) in [6.45, 7) is 7.07. The number of hydrogen-bond donors (Lipinski definition) is 1. The summed E-state index contributed by atoms with van der Waals surface area (Å²) >= 11 is 0. The molecule has 0 aromatic rings. The number of likely N-dealkylation sites (N-methyl/N-ethyl adjacent to an activating group) is 1. The maximum atomic E-state index is 13.4. The van der Waals surface area contributed by atoms with E-state index in [-0.39, 0.29) is 24.0 Å². The molecule has 0 aliphatic carbocycles. The SMILES string of the molecule is CCCCCCCC/C=C\CCCCCCCCOP(=O)(NCC[N+](C)(C)C)OCCCCCCCC/C=C\CCCCCCCC.[I-].